The molecule has 0 spiro atoms. The van der Waals surface area contributed by atoms with Gasteiger partial charge in [0.25, 0.3) is 0 Å². The maximum Gasteiger partial charge on any atom is 0.401 e. The van der Waals surface area contributed by atoms with Crippen LogP contribution in [0.3, 0.4) is 0 Å². The largest absolute Gasteiger partial charge is 0.401 e. The maximum atomic E-state index is 10.6. The maximum absolute atomic E-state index is 10.6. The third-order valence-electron chi connectivity index (χ3n) is 0. The first-order valence-electron chi connectivity index (χ1n) is 1.95. The molecule has 0 amide bonds. The molecule has 0 radical (unpaired) electrons. The third kappa shape index (κ3) is 395. The normalized spacial score (nSPS) is 9.50. The molecule has 0 bridgehead atoms. The van der Waals surface area contributed by atoms with Crippen LogP contribution in [0.1, 0.15) is 0 Å². The van der Waals surface area contributed by atoms with Crippen molar-refractivity contribution in [3.8, 4) is 0 Å². The molecule has 0 fully saturated rings. The molecule has 0 rings (SSSR count). The second-order valence-corrected chi connectivity index (χ2v) is 4.71. The molecular formula is C3H3Cl7F2. The zero-order valence-electron chi connectivity index (χ0n) is 5.19. The number of hydrogen-bond acceptors (Lipinski definition) is 0. The van der Waals surface area contributed by atoms with Crippen LogP contribution < -0.4 is 0 Å². The minimum Gasteiger partial charge on any atom is -0.172 e. The molecular weight excluding hydrogens is 322 g/mol. The summed E-state index contributed by atoms with van der Waals surface area (Å²) in [6.07, 6.45) is 0. The molecule has 0 atom stereocenters. The van der Waals surface area contributed by atoms with Crippen LogP contribution in [0.4, 0.5) is 8.78 Å². The molecule has 0 aromatic rings. The summed E-state index contributed by atoms with van der Waals surface area (Å²) in [5.74, 6) is 0. The highest BCUT2D eigenvalue weighted by Crippen LogP contribution is 2.22. The van der Waals surface area contributed by atoms with Gasteiger partial charge in [-0.2, -0.15) is 8.78 Å². The molecule has 0 unspecified atom stereocenters. The second kappa shape index (κ2) is 12.9. The van der Waals surface area contributed by atoms with E-state index in [-0.39, 0.29) is 5.34 Å². The van der Waals surface area contributed by atoms with Gasteiger partial charge in [0.2, 0.25) is 0 Å². The van der Waals surface area contributed by atoms with E-state index >= 15 is 0 Å². The van der Waals surface area contributed by atoms with Crippen molar-refractivity contribution in [3.63, 3.8) is 0 Å². The summed E-state index contributed by atoms with van der Waals surface area (Å²) < 4.78 is 20.4. The van der Waals surface area contributed by atoms with E-state index in [0.29, 0.717) is 0 Å². The van der Waals surface area contributed by atoms with E-state index in [1.165, 1.54) is 0 Å². The van der Waals surface area contributed by atoms with E-state index in [4.69, 9.17) is 58.0 Å². The molecule has 12 heavy (non-hydrogen) atoms. The molecule has 78 valence electrons. The molecule has 0 nitrogen and oxygen atoms in total. The minimum atomic E-state index is -3.56. The van der Waals surface area contributed by atoms with E-state index in [1.54, 1.807) is 0 Å². The van der Waals surface area contributed by atoms with E-state index < -0.39 is 9.14 Å². The quantitative estimate of drug-likeness (QED) is 0.522. The van der Waals surface area contributed by atoms with Gasteiger partial charge in [0.05, 0.1) is 5.34 Å². The molecule has 0 saturated carbocycles. The predicted molar refractivity (Wildman–Crippen MR) is 54.6 cm³/mol. The van der Waals surface area contributed by atoms with Crippen molar-refractivity contribution >= 4 is 81.2 Å². The number of halogens is 9. The monoisotopic (exact) mass is 322 g/mol. The number of hydrogen-bond donors (Lipinski definition) is 0. The Morgan fingerprint density at radius 3 is 1.00 bits per heavy atom. The van der Waals surface area contributed by atoms with E-state index in [2.05, 4.69) is 23.2 Å². The Morgan fingerprint density at radius 1 is 1.00 bits per heavy atom. The van der Waals surface area contributed by atoms with Gasteiger partial charge in [0, 0.05) is 0 Å². The Hall–Kier alpha value is 1.89. The second-order valence-electron chi connectivity index (χ2n) is 0.777. The van der Waals surface area contributed by atoms with E-state index in [1.807, 2.05) is 0 Å². The van der Waals surface area contributed by atoms with Gasteiger partial charge in [-0.25, -0.2) is 0 Å². The van der Waals surface area contributed by atoms with Crippen molar-refractivity contribution in [2.45, 2.75) is 9.14 Å². The lowest BCUT2D eigenvalue weighted by Crippen LogP contribution is -1.86. The van der Waals surface area contributed by atoms with Crippen LogP contribution in [0.15, 0.2) is 0 Å². The third-order valence-corrected chi connectivity index (χ3v) is 0. The highest BCUT2D eigenvalue weighted by atomic mass is 35.6. The highest BCUT2D eigenvalue weighted by molar-refractivity contribution is 6.63. The standard InChI is InChI=1S/CHCl3.CCl2F2.CH2Cl2/c2-1(3)4;2-1(3,4)5;2-1-3/h1H;;1H2. The Morgan fingerprint density at radius 2 is 1.00 bits per heavy atom. The molecule has 0 aliphatic heterocycles. The van der Waals surface area contributed by atoms with Crippen molar-refractivity contribution in [1.29, 1.82) is 0 Å². The van der Waals surface area contributed by atoms with Gasteiger partial charge in [-0.05, 0) is 23.2 Å². The zero-order valence-corrected chi connectivity index (χ0v) is 10.5. The first-order valence-corrected chi connectivity index (χ1v) is 5.08. The van der Waals surface area contributed by atoms with Crippen LogP contribution in [-0.4, -0.2) is 14.5 Å². The fraction of sp³-hybridized carbons (Fsp3) is 1.00. The molecule has 0 aliphatic carbocycles. The van der Waals surface area contributed by atoms with Gasteiger partial charge < -0.3 is 0 Å². The summed E-state index contributed by atoms with van der Waals surface area (Å²) >= 11 is 31.9. The first kappa shape index (κ1) is 19.5. The topological polar surface area (TPSA) is 0 Å². The number of alkyl halides is 9. The molecule has 0 aromatic carbocycles. The Kier molecular flexibility index (Phi) is 20.9. The van der Waals surface area contributed by atoms with Crippen LogP contribution >= 0.6 is 81.2 Å². The van der Waals surface area contributed by atoms with Crippen LogP contribution in [0, 0.1) is 0 Å². The van der Waals surface area contributed by atoms with Gasteiger partial charge in [0.15, 0.2) is 4.30 Å². The van der Waals surface area contributed by atoms with Gasteiger partial charge in [-0.15, -0.1) is 23.2 Å². The fourth-order valence-corrected chi connectivity index (χ4v) is 0. The Bertz CT molecular complexity index is 62.8. The summed E-state index contributed by atoms with van der Waals surface area (Å²) in [4.78, 5) is -3.56. The molecule has 0 aromatic heterocycles. The van der Waals surface area contributed by atoms with Gasteiger partial charge in [-0.3, -0.25) is 0 Å². The summed E-state index contributed by atoms with van der Waals surface area (Å²) in [7, 11) is 0. The lowest BCUT2D eigenvalue weighted by Gasteiger charge is -1.87. The van der Waals surface area contributed by atoms with Crippen molar-refractivity contribution in [2.24, 2.45) is 0 Å². The lowest BCUT2D eigenvalue weighted by atomic mass is 11.7. The smallest absolute Gasteiger partial charge is 0.172 e. The van der Waals surface area contributed by atoms with Gasteiger partial charge in [0.1, 0.15) is 0 Å². The Balaban J connectivity index is -0.000000105. The van der Waals surface area contributed by atoms with Gasteiger partial charge in [-0.1, -0.05) is 34.8 Å². The summed E-state index contributed by atoms with van der Waals surface area (Å²) in [5.41, 5.74) is 0. The predicted octanol–water partition coefficient (Wildman–Crippen LogP) is 5.42. The van der Waals surface area contributed by atoms with Crippen molar-refractivity contribution in [2.75, 3.05) is 5.34 Å². The summed E-state index contributed by atoms with van der Waals surface area (Å²) in [5, 5.41) is 0.194. The lowest BCUT2D eigenvalue weighted by molar-refractivity contribution is 0.194. The average molecular weight is 325 g/mol. The summed E-state index contributed by atoms with van der Waals surface area (Å²) in [6, 6.07) is 0. The van der Waals surface area contributed by atoms with Crippen LogP contribution in [0.5, 0.6) is 0 Å². The van der Waals surface area contributed by atoms with Crippen LogP contribution in [0.2, 0.25) is 0 Å². The fourth-order valence-electron chi connectivity index (χ4n) is 0. The highest BCUT2D eigenvalue weighted by Gasteiger charge is 2.17. The van der Waals surface area contributed by atoms with Crippen LogP contribution in [0.25, 0.3) is 0 Å². The van der Waals surface area contributed by atoms with Crippen molar-refractivity contribution < 1.29 is 8.78 Å². The SMILES string of the molecule is ClC(Cl)Cl.ClCCl.FC(F)(Cl)Cl. The van der Waals surface area contributed by atoms with Crippen molar-refractivity contribution in [1.82, 2.24) is 0 Å². The van der Waals surface area contributed by atoms with Crippen molar-refractivity contribution in [3.05, 3.63) is 0 Å². The molecule has 0 saturated heterocycles. The molecule has 0 heterocycles. The first-order chi connectivity index (χ1) is 5.15. The van der Waals surface area contributed by atoms with E-state index in [0.717, 1.165) is 0 Å². The minimum absolute atomic E-state index is 0.194. The average Bonchev–Trinajstić information content (AvgIpc) is 1.56. The Labute approximate surface area is 104 Å². The number of rotatable bonds is 0. The van der Waals surface area contributed by atoms with Crippen LogP contribution in [-0.2, 0) is 0 Å². The molecule has 0 aliphatic rings. The summed E-state index contributed by atoms with van der Waals surface area (Å²) in [6.45, 7) is 0. The molecule has 9 heteroatoms. The zero-order chi connectivity index (χ0) is 10.8. The van der Waals surface area contributed by atoms with E-state index in [9.17, 15) is 8.78 Å². The molecule has 0 N–H and O–H groups in total. The van der Waals surface area contributed by atoms with Gasteiger partial charge >= 0.3 is 4.84 Å².